The van der Waals surface area contributed by atoms with Crippen molar-refractivity contribution in [2.24, 2.45) is 0 Å². The molecule has 0 fully saturated rings. The number of aromatic hydroxyl groups is 1. The molecule has 3 aromatic rings. The Hall–Kier alpha value is -3.51. The summed E-state index contributed by atoms with van der Waals surface area (Å²) in [6, 6.07) is 8.94. The van der Waals surface area contributed by atoms with Crippen molar-refractivity contribution in [3.63, 3.8) is 0 Å². The SMILES string of the molecule is COc1c(O)ccc2c1-c1ccc3c(c1/C(=C/c1c(F)ccc(F)c1Cl)O2)C(C)=CC(C)(C)N3. The first-order valence-electron chi connectivity index (χ1n) is 10.7. The fourth-order valence-corrected chi connectivity index (χ4v) is 4.96. The number of fused-ring (bicyclic) bond motifs is 5. The van der Waals surface area contributed by atoms with Crippen LogP contribution in [0.15, 0.2) is 42.5 Å². The van der Waals surface area contributed by atoms with E-state index in [0.29, 0.717) is 22.6 Å². The molecule has 174 valence electrons. The molecular formula is C27H22ClF2NO3. The minimum absolute atomic E-state index is 0.0355. The zero-order chi connectivity index (χ0) is 24.4. The first-order chi connectivity index (χ1) is 16.1. The second-order valence-electron chi connectivity index (χ2n) is 8.94. The zero-order valence-electron chi connectivity index (χ0n) is 19.0. The van der Waals surface area contributed by atoms with E-state index in [4.69, 9.17) is 21.1 Å². The Kier molecular flexibility index (Phi) is 5.10. The number of phenols is 1. The second-order valence-corrected chi connectivity index (χ2v) is 9.32. The van der Waals surface area contributed by atoms with E-state index in [1.54, 1.807) is 6.07 Å². The number of phenolic OH excluding ortho intramolecular Hbond substituents is 1. The number of halogens is 3. The zero-order valence-corrected chi connectivity index (χ0v) is 19.8. The molecule has 2 heterocycles. The van der Waals surface area contributed by atoms with Gasteiger partial charge in [0.1, 0.15) is 23.1 Å². The Morgan fingerprint density at radius 2 is 1.76 bits per heavy atom. The van der Waals surface area contributed by atoms with Crippen molar-refractivity contribution in [2.45, 2.75) is 26.3 Å². The number of rotatable bonds is 2. The number of hydrogen-bond acceptors (Lipinski definition) is 4. The first-order valence-corrected chi connectivity index (χ1v) is 11.1. The topological polar surface area (TPSA) is 50.7 Å². The lowest BCUT2D eigenvalue weighted by molar-refractivity contribution is 0.371. The van der Waals surface area contributed by atoms with Crippen LogP contribution >= 0.6 is 11.6 Å². The smallest absolute Gasteiger partial charge is 0.172 e. The Morgan fingerprint density at radius 3 is 2.50 bits per heavy atom. The van der Waals surface area contributed by atoms with Gasteiger partial charge in [0.05, 0.1) is 23.2 Å². The van der Waals surface area contributed by atoms with Crippen molar-refractivity contribution in [3.8, 4) is 28.4 Å². The van der Waals surface area contributed by atoms with Gasteiger partial charge in [0.2, 0.25) is 0 Å². The summed E-state index contributed by atoms with van der Waals surface area (Å²) in [6.45, 7) is 6.11. The fourth-order valence-electron chi connectivity index (χ4n) is 4.75. The van der Waals surface area contributed by atoms with Crippen molar-refractivity contribution in [2.75, 3.05) is 12.4 Å². The van der Waals surface area contributed by atoms with Gasteiger partial charge in [-0.05, 0) is 62.8 Å². The highest BCUT2D eigenvalue weighted by Gasteiger charge is 2.33. The van der Waals surface area contributed by atoms with E-state index < -0.39 is 11.6 Å². The van der Waals surface area contributed by atoms with E-state index >= 15 is 0 Å². The molecule has 0 unspecified atom stereocenters. The molecule has 0 aromatic heterocycles. The molecule has 0 saturated carbocycles. The third kappa shape index (κ3) is 3.41. The molecule has 2 aliphatic heterocycles. The summed E-state index contributed by atoms with van der Waals surface area (Å²) >= 11 is 6.13. The third-order valence-electron chi connectivity index (χ3n) is 6.03. The van der Waals surface area contributed by atoms with E-state index in [-0.39, 0.29) is 27.6 Å². The summed E-state index contributed by atoms with van der Waals surface area (Å²) < 4.78 is 40.6. The quantitative estimate of drug-likeness (QED) is 0.372. The van der Waals surface area contributed by atoms with Crippen LogP contribution in [0.3, 0.4) is 0 Å². The molecule has 3 aromatic carbocycles. The number of nitrogens with one attached hydrogen (secondary N) is 1. The molecule has 2 N–H and O–H groups in total. The Balaban J connectivity index is 1.87. The van der Waals surface area contributed by atoms with Gasteiger partial charge in [0, 0.05) is 27.9 Å². The van der Waals surface area contributed by atoms with Gasteiger partial charge in [-0.2, -0.15) is 0 Å². The van der Waals surface area contributed by atoms with Crippen LogP contribution in [0.5, 0.6) is 17.2 Å². The number of hydrogen-bond donors (Lipinski definition) is 2. The summed E-state index contributed by atoms with van der Waals surface area (Å²) in [6.07, 6.45) is 3.51. The lowest BCUT2D eigenvalue weighted by atomic mass is 9.82. The summed E-state index contributed by atoms with van der Waals surface area (Å²) in [5, 5.41) is 13.6. The number of ether oxygens (including phenoxy) is 2. The first kappa shape index (κ1) is 22.3. The van der Waals surface area contributed by atoms with Gasteiger partial charge in [-0.1, -0.05) is 23.7 Å². The monoisotopic (exact) mass is 481 g/mol. The van der Waals surface area contributed by atoms with Crippen LogP contribution in [-0.4, -0.2) is 17.8 Å². The number of benzene rings is 3. The van der Waals surface area contributed by atoms with Crippen molar-refractivity contribution in [3.05, 3.63) is 75.8 Å². The molecule has 0 amide bonds. The molecule has 0 bridgehead atoms. The summed E-state index contributed by atoms with van der Waals surface area (Å²) in [5.74, 6) is -0.466. The second kappa shape index (κ2) is 7.77. The number of methoxy groups -OCH3 is 1. The van der Waals surface area contributed by atoms with Crippen LogP contribution in [0, 0.1) is 11.6 Å². The van der Waals surface area contributed by atoms with Gasteiger partial charge in [0.15, 0.2) is 11.5 Å². The maximum absolute atomic E-state index is 14.7. The number of allylic oxidation sites excluding steroid dienone is 1. The molecule has 0 saturated heterocycles. The standard InChI is InChI=1S/C27H22ClF2NO3/c1-13-12-27(2,3)31-18-8-5-14-23(22(13)18)21(11-15-16(29)6-7-17(30)25(15)28)34-20-10-9-19(32)26(33-4)24(14)20/h5-12,31-32H,1-4H3/b21-11-. The molecular weight excluding hydrogens is 460 g/mol. The van der Waals surface area contributed by atoms with Crippen molar-refractivity contribution in [1.82, 2.24) is 0 Å². The Morgan fingerprint density at radius 1 is 1.03 bits per heavy atom. The number of anilines is 1. The fraction of sp³-hybridized carbons (Fsp3) is 0.185. The highest BCUT2D eigenvalue weighted by atomic mass is 35.5. The van der Waals surface area contributed by atoms with E-state index in [1.807, 2.05) is 19.1 Å². The molecule has 7 heteroatoms. The lowest BCUT2D eigenvalue weighted by Gasteiger charge is -2.35. The van der Waals surface area contributed by atoms with Gasteiger partial charge in [-0.25, -0.2) is 8.78 Å². The largest absolute Gasteiger partial charge is 0.504 e. The maximum Gasteiger partial charge on any atom is 0.172 e. The van der Waals surface area contributed by atoms with Crippen LogP contribution in [0.25, 0.3) is 28.5 Å². The highest BCUT2D eigenvalue weighted by molar-refractivity contribution is 6.32. The van der Waals surface area contributed by atoms with Gasteiger partial charge in [-0.15, -0.1) is 0 Å². The van der Waals surface area contributed by atoms with Crippen molar-refractivity contribution >= 4 is 34.7 Å². The Bertz CT molecular complexity index is 1430. The van der Waals surface area contributed by atoms with Crippen LogP contribution in [0.2, 0.25) is 5.02 Å². The van der Waals surface area contributed by atoms with Gasteiger partial charge in [-0.3, -0.25) is 0 Å². The Labute approximate surface area is 201 Å². The molecule has 0 atom stereocenters. The minimum Gasteiger partial charge on any atom is -0.504 e. The molecule has 0 spiro atoms. The molecule has 5 rings (SSSR count). The van der Waals surface area contributed by atoms with E-state index in [9.17, 15) is 13.9 Å². The van der Waals surface area contributed by atoms with Crippen LogP contribution in [0.1, 0.15) is 37.5 Å². The molecule has 0 aliphatic carbocycles. The van der Waals surface area contributed by atoms with Gasteiger partial charge in [0.25, 0.3) is 0 Å². The molecule has 4 nitrogen and oxygen atoms in total. The predicted molar refractivity (Wildman–Crippen MR) is 131 cm³/mol. The highest BCUT2D eigenvalue weighted by Crippen LogP contribution is 2.54. The van der Waals surface area contributed by atoms with Gasteiger partial charge < -0.3 is 19.9 Å². The summed E-state index contributed by atoms with van der Waals surface area (Å²) in [4.78, 5) is 0. The van der Waals surface area contributed by atoms with Gasteiger partial charge >= 0.3 is 0 Å². The molecule has 2 aliphatic rings. The molecule has 0 radical (unpaired) electrons. The van der Waals surface area contributed by atoms with Crippen molar-refractivity contribution < 1.29 is 23.4 Å². The summed E-state index contributed by atoms with van der Waals surface area (Å²) in [7, 11) is 1.47. The van der Waals surface area contributed by atoms with E-state index in [1.165, 1.54) is 19.3 Å². The summed E-state index contributed by atoms with van der Waals surface area (Å²) in [5.41, 5.74) is 4.26. The maximum atomic E-state index is 14.7. The average Bonchev–Trinajstić information content (AvgIpc) is 2.78. The minimum atomic E-state index is -0.729. The van der Waals surface area contributed by atoms with E-state index in [2.05, 4.69) is 25.2 Å². The van der Waals surface area contributed by atoms with Crippen molar-refractivity contribution in [1.29, 1.82) is 0 Å². The molecule has 34 heavy (non-hydrogen) atoms. The van der Waals surface area contributed by atoms with Crippen LogP contribution in [0.4, 0.5) is 14.5 Å². The predicted octanol–water partition coefficient (Wildman–Crippen LogP) is 7.50. The van der Waals surface area contributed by atoms with Crippen LogP contribution in [-0.2, 0) is 0 Å². The van der Waals surface area contributed by atoms with E-state index in [0.717, 1.165) is 34.5 Å². The lowest BCUT2D eigenvalue weighted by Crippen LogP contribution is -2.32. The van der Waals surface area contributed by atoms with Crippen LogP contribution < -0.4 is 14.8 Å². The third-order valence-corrected chi connectivity index (χ3v) is 6.41. The normalized spacial score (nSPS) is 16.6. The average molecular weight is 482 g/mol.